The van der Waals surface area contributed by atoms with E-state index in [4.69, 9.17) is 14.2 Å². The molecule has 0 unspecified atom stereocenters. The molecule has 0 atom stereocenters. The van der Waals surface area contributed by atoms with E-state index in [0.29, 0.717) is 25.6 Å². The van der Waals surface area contributed by atoms with E-state index in [1.54, 1.807) is 18.2 Å². The van der Waals surface area contributed by atoms with E-state index < -0.39 is 5.60 Å². The Balaban J connectivity index is 1.72. The molecule has 0 aromatic carbocycles. The molecular weight excluding hydrogens is 272 g/mol. The number of rotatable bonds is 4. The van der Waals surface area contributed by atoms with Crippen LogP contribution in [-0.2, 0) is 16.1 Å². The lowest BCUT2D eigenvalue weighted by molar-refractivity contribution is -0.0691. The number of aromatic nitrogens is 1. The van der Waals surface area contributed by atoms with E-state index in [9.17, 15) is 4.79 Å². The third-order valence-corrected chi connectivity index (χ3v) is 2.99. The van der Waals surface area contributed by atoms with Crippen molar-refractivity contribution in [1.82, 2.24) is 9.88 Å². The molecule has 1 aromatic rings. The molecule has 1 saturated heterocycles. The lowest BCUT2D eigenvalue weighted by atomic mass is 10.1. The first-order valence-corrected chi connectivity index (χ1v) is 6.96. The molecule has 1 fully saturated rings. The van der Waals surface area contributed by atoms with Gasteiger partial charge in [0.1, 0.15) is 5.60 Å². The highest BCUT2D eigenvalue weighted by Crippen LogP contribution is 2.18. The van der Waals surface area contributed by atoms with E-state index in [-0.39, 0.29) is 12.2 Å². The molecule has 1 aromatic heterocycles. The molecule has 0 radical (unpaired) electrons. The predicted molar refractivity (Wildman–Crippen MR) is 77.2 cm³/mol. The molecule has 1 aliphatic heterocycles. The van der Waals surface area contributed by atoms with Crippen molar-refractivity contribution in [2.75, 3.05) is 20.2 Å². The molecule has 6 nitrogen and oxygen atoms in total. The first kappa shape index (κ1) is 15.6. The number of carbonyl (C=O) groups is 1. The minimum absolute atomic E-state index is 0.0525. The highest BCUT2D eigenvalue weighted by molar-refractivity contribution is 5.69. The van der Waals surface area contributed by atoms with Gasteiger partial charge in [-0.25, -0.2) is 9.78 Å². The van der Waals surface area contributed by atoms with E-state index in [2.05, 4.69) is 4.98 Å². The number of ether oxygens (including phenoxy) is 3. The highest BCUT2D eigenvalue weighted by atomic mass is 16.6. The summed E-state index contributed by atoms with van der Waals surface area (Å²) < 4.78 is 16.1. The molecule has 21 heavy (non-hydrogen) atoms. The third kappa shape index (κ3) is 4.60. The van der Waals surface area contributed by atoms with Crippen LogP contribution in [0, 0.1) is 0 Å². The van der Waals surface area contributed by atoms with E-state index >= 15 is 0 Å². The van der Waals surface area contributed by atoms with Gasteiger partial charge in [0, 0.05) is 12.3 Å². The Kier molecular flexibility index (Phi) is 4.67. The average Bonchev–Trinajstić information content (AvgIpc) is 2.35. The summed E-state index contributed by atoms with van der Waals surface area (Å²) in [6.07, 6.45) is 1.45. The average molecular weight is 294 g/mol. The van der Waals surface area contributed by atoms with Gasteiger partial charge >= 0.3 is 6.09 Å². The second-order valence-corrected chi connectivity index (χ2v) is 6.02. The summed E-state index contributed by atoms with van der Waals surface area (Å²) in [4.78, 5) is 17.5. The summed E-state index contributed by atoms with van der Waals surface area (Å²) in [5, 5.41) is 0. The van der Waals surface area contributed by atoms with Gasteiger partial charge in [-0.1, -0.05) is 0 Å². The topological polar surface area (TPSA) is 60.9 Å². The van der Waals surface area contributed by atoms with Crippen LogP contribution in [0.2, 0.25) is 0 Å². The van der Waals surface area contributed by atoms with Crippen molar-refractivity contribution in [2.45, 2.75) is 39.1 Å². The largest absolute Gasteiger partial charge is 0.481 e. The van der Waals surface area contributed by atoms with Crippen molar-refractivity contribution >= 4 is 6.09 Å². The van der Waals surface area contributed by atoms with Gasteiger partial charge in [0.25, 0.3) is 0 Å². The quantitative estimate of drug-likeness (QED) is 0.852. The first-order chi connectivity index (χ1) is 9.87. The van der Waals surface area contributed by atoms with Gasteiger partial charge in [-0.2, -0.15) is 0 Å². The smallest absolute Gasteiger partial charge is 0.410 e. The maximum Gasteiger partial charge on any atom is 0.410 e. The van der Waals surface area contributed by atoms with Gasteiger partial charge in [-0.3, -0.25) is 0 Å². The number of methoxy groups -OCH3 is 1. The first-order valence-electron chi connectivity index (χ1n) is 6.96. The minimum atomic E-state index is -0.462. The molecule has 0 saturated carbocycles. The number of hydrogen-bond donors (Lipinski definition) is 0. The van der Waals surface area contributed by atoms with Crippen molar-refractivity contribution in [2.24, 2.45) is 0 Å². The molecule has 0 bridgehead atoms. The number of hydrogen-bond acceptors (Lipinski definition) is 5. The third-order valence-electron chi connectivity index (χ3n) is 2.99. The van der Waals surface area contributed by atoms with Crippen LogP contribution < -0.4 is 4.74 Å². The monoisotopic (exact) mass is 294 g/mol. The standard InChI is InChI=1S/C15H22N2O4/c1-15(2,3)21-14(18)17-8-12(9-17)20-10-11-5-6-16-13(7-11)19-4/h5-7,12H,8-10H2,1-4H3. The number of likely N-dealkylation sites (tertiary alicyclic amines) is 1. The molecule has 0 N–H and O–H groups in total. The van der Waals surface area contributed by atoms with Gasteiger partial charge in [0.05, 0.1) is 32.9 Å². The summed E-state index contributed by atoms with van der Waals surface area (Å²) in [5.74, 6) is 0.570. The SMILES string of the molecule is COc1cc(COC2CN(C(=O)OC(C)(C)C)C2)ccn1. The number of nitrogens with zero attached hydrogens (tertiary/aromatic N) is 2. The van der Waals surface area contributed by atoms with Crippen molar-refractivity contribution < 1.29 is 19.0 Å². The molecule has 2 rings (SSSR count). The van der Waals surface area contributed by atoms with E-state index in [1.165, 1.54) is 0 Å². The van der Waals surface area contributed by atoms with E-state index in [1.807, 2.05) is 32.9 Å². The van der Waals surface area contributed by atoms with Crippen LogP contribution in [-0.4, -0.2) is 47.9 Å². The zero-order valence-corrected chi connectivity index (χ0v) is 13.0. The fourth-order valence-corrected chi connectivity index (χ4v) is 1.89. The maximum absolute atomic E-state index is 11.8. The minimum Gasteiger partial charge on any atom is -0.481 e. The lowest BCUT2D eigenvalue weighted by Gasteiger charge is -2.39. The summed E-state index contributed by atoms with van der Waals surface area (Å²) in [7, 11) is 1.58. The summed E-state index contributed by atoms with van der Waals surface area (Å²) in [5.41, 5.74) is 0.536. The van der Waals surface area contributed by atoms with Crippen LogP contribution in [0.25, 0.3) is 0 Å². The molecule has 116 valence electrons. The molecule has 1 aliphatic rings. The Labute approximate surface area is 125 Å². The molecule has 0 spiro atoms. The predicted octanol–water partition coefficient (Wildman–Crippen LogP) is 2.23. The Morgan fingerprint density at radius 2 is 2.14 bits per heavy atom. The molecular formula is C15H22N2O4. The van der Waals surface area contributed by atoms with Crippen LogP contribution in [0.15, 0.2) is 18.3 Å². The van der Waals surface area contributed by atoms with Crippen LogP contribution in [0.3, 0.4) is 0 Å². The normalized spacial score (nSPS) is 15.5. The number of carbonyl (C=O) groups excluding carboxylic acids is 1. The Morgan fingerprint density at radius 1 is 1.43 bits per heavy atom. The summed E-state index contributed by atoms with van der Waals surface area (Å²) in [6, 6.07) is 3.72. The zero-order valence-electron chi connectivity index (χ0n) is 13.0. The van der Waals surface area contributed by atoms with Crippen LogP contribution >= 0.6 is 0 Å². The van der Waals surface area contributed by atoms with Gasteiger partial charge in [0.2, 0.25) is 5.88 Å². The molecule has 1 amide bonds. The van der Waals surface area contributed by atoms with E-state index in [0.717, 1.165) is 5.56 Å². The van der Waals surface area contributed by atoms with Gasteiger partial charge in [-0.05, 0) is 32.4 Å². The Morgan fingerprint density at radius 3 is 2.76 bits per heavy atom. The van der Waals surface area contributed by atoms with Crippen molar-refractivity contribution in [3.63, 3.8) is 0 Å². The fourth-order valence-electron chi connectivity index (χ4n) is 1.89. The van der Waals surface area contributed by atoms with Gasteiger partial charge in [0.15, 0.2) is 0 Å². The summed E-state index contributed by atoms with van der Waals surface area (Å²) >= 11 is 0. The van der Waals surface area contributed by atoms with Crippen LogP contribution in [0.5, 0.6) is 5.88 Å². The zero-order chi connectivity index (χ0) is 15.5. The molecule has 2 heterocycles. The van der Waals surface area contributed by atoms with Crippen LogP contribution in [0.1, 0.15) is 26.3 Å². The second-order valence-electron chi connectivity index (χ2n) is 6.02. The highest BCUT2D eigenvalue weighted by Gasteiger charge is 2.34. The van der Waals surface area contributed by atoms with Crippen LogP contribution in [0.4, 0.5) is 4.79 Å². The fraction of sp³-hybridized carbons (Fsp3) is 0.600. The maximum atomic E-state index is 11.8. The van der Waals surface area contributed by atoms with Crippen molar-refractivity contribution in [3.8, 4) is 5.88 Å². The molecule has 6 heteroatoms. The van der Waals surface area contributed by atoms with Gasteiger partial charge < -0.3 is 19.1 Å². The molecule has 0 aliphatic carbocycles. The van der Waals surface area contributed by atoms with Crippen molar-refractivity contribution in [1.29, 1.82) is 0 Å². The second kappa shape index (κ2) is 6.30. The Bertz CT molecular complexity index is 493. The van der Waals surface area contributed by atoms with Gasteiger partial charge in [-0.15, -0.1) is 0 Å². The lowest BCUT2D eigenvalue weighted by Crippen LogP contribution is -2.55. The Hall–Kier alpha value is -1.82. The number of amides is 1. The van der Waals surface area contributed by atoms with Crippen molar-refractivity contribution in [3.05, 3.63) is 23.9 Å². The summed E-state index contributed by atoms with van der Waals surface area (Å²) in [6.45, 7) is 7.18. The number of pyridine rings is 1.